The van der Waals surface area contributed by atoms with E-state index in [1.54, 1.807) is 36.5 Å². The summed E-state index contributed by atoms with van der Waals surface area (Å²) in [6.07, 6.45) is 1.78. The molecule has 0 atom stereocenters. The number of anilines is 1. The lowest BCUT2D eigenvalue weighted by molar-refractivity contribution is -0.117. The minimum Gasteiger partial charge on any atom is -0.361 e. The molecular weight excluding hydrogens is 320 g/mol. The van der Waals surface area contributed by atoms with Gasteiger partial charge in [0.15, 0.2) is 0 Å². The number of nitrogens with zero attached hydrogens (tertiary/aromatic N) is 1. The highest BCUT2D eigenvalue weighted by Gasteiger charge is 2.11. The number of H-pyrrole nitrogens is 2. The molecule has 3 N–H and O–H groups in total. The van der Waals surface area contributed by atoms with Crippen LogP contribution in [0, 0.1) is 0 Å². The number of aromatic amines is 2. The number of benzene rings is 2. The van der Waals surface area contributed by atoms with Crippen LogP contribution in [0.4, 0.5) is 5.69 Å². The molecule has 4 aromatic rings. The van der Waals surface area contributed by atoms with E-state index in [-0.39, 0.29) is 11.9 Å². The first-order valence-corrected chi connectivity index (χ1v) is 7.71. The Labute approximate surface area is 140 Å². The third-order valence-electron chi connectivity index (χ3n) is 4.05. The molecule has 25 heavy (non-hydrogen) atoms. The van der Waals surface area contributed by atoms with Crippen molar-refractivity contribution < 1.29 is 4.79 Å². The van der Waals surface area contributed by atoms with Crippen LogP contribution in [0.25, 0.3) is 21.7 Å². The molecular formula is C18H14N4O3. The van der Waals surface area contributed by atoms with E-state index in [4.69, 9.17) is 0 Å². The Morgan fingerprint density at radius 3 is 2.60 bits per heavy atom. The van der Waals surface area contributed by atoms with E-state index in [1.807, 2.05) is 18.2 Å². The van der Waals surface area contributed by atoms with Gasteiger partial charge < -0.3 is 10.3 Å². The van der Waals surface area contributed by atoms with Gasteiger partial charge in [0, 0.05) is 17.1 Å². The number of carbonyl (C=O) groups is 1. The number of hydrogen-bond acceptors (Lipinski definition) is 3. The Morgan fingerprint density at radius 1 is 0.960 bits per heavy atom. The molecule has 124 valence electrons. The van der Waals surface area contributed by atoms with Crippen LogP contribution in [0.3, 0.4) is 0 Å². The first kappa shape index (κ1) is 14.9. The predicted molar refractivity (Wildman–Crippen MR) is 95.8 cm³/mol. The molecule has 1 amide bonds. The standard InChI is InChI=1S/C18H14N4O3/c23-16(20-15-7-3-6-14-13(15)8-9-19-14)10-22-18(25)12-5-2-1-4-11(12)17(24)21-22/h1-9,19H,10H2,(H,20,23)(H,21,24). The monoisotopic (exact) mass is 334 g/mol. The zero-order valence-corrected chi connectivity index (χ0v) is 13.1. The molecule has 0 spiro atoms. The molecule has 7 nitrogen and oxygen atoms in total. The molecule has 4 rings (SSSR count). The molecule has 0 saturated heterocycles. The van der Waals surface area contributed by atoms with Crippen molar-refractivity contribution in [2.24, 2.45) is 0 Å². The fourth-order valence-corrected chi connectivity index (χ4v) is 2.89. The van der Waals surface area contributed by atoms with Crippen molar-refractivity contribution >= 4 is 33.3 Å². The summed E-state index contributed by atoms with van der Waals surface area (Å²) in [7, 11) is 0. The van der Waals surface area contributed by atoms with Crippen LogP contribution in [0.5, 0.6) is 0 Å². The van der Waals surface area contributed by atoms with Gasteiger partial charge in [-0.2, -0.15) is 0 Å². The van der Waals surface area contributed by atoms with E-state index in [0.29, 0.717) is 11.1 Å². The first-order chi connectivity index (χ1) is 12.1. The summed E-state index contributed by atoms with van der Waals surface area (Å²) in [6, 6.07) is 13.9. The van der Waals surface area contributed by atoms with Crippen molar-refractivity contribution in [3.05, 3.63) is 75.4 Å². The quantitative estimate of drug-likeness (QED) is 0.533. The molecule has 0 aliphatic rings. The summed E-state index contributed by atoms with van der Waals surface area (Å²) < 4.78 is 1.03. The molecule has 2 aromatic carbocycles. The Hall–Kier alpha value is -3.61. The Kier molecular flexibility index (Phi) is 3.46. The van der Waals surface area contributed by atoms with Crippen molar-refractivity contribution in [2.75, 3.05) is 5.32 Å². The van der Waals surface area contributed by atoms with Crippen molar-refractivity contribution in [1.29, 1.82) is 0 Å². The van der Waals surface area contributed by atoms with E-state index in [2.05, 4.69) is 15.4 Å². The SMILES string of the molecule is O=C(Cn1[nH]c(=O)c2ccccc2c1=O)Nc1cccc2[nH]ccc12. The van der Waals surface area contributed by atoms with Gasteiger partial charge in [0.25, 0.3) is 11.1 Å². The number of rotatable bonds is 3. The lowest BCUT2D eigenvalue weighted by atomic mass is 10.2. The average molecular weight is 334 g/mol. The van der Waals surface area contributed by atoms with Crippen LogP contribution in [-0.2, 0) is 11.3 Å². The van der Waals surface area contributed by atoms with Crippen LogP contribution in [-0.4, -0.2) is 20.7 Å². The van der Waals surface area contributed by atoms with E-state index < -0.39 is 17.0 Å². The second-order valence-corrected chi connectivity index (χ2v) is 5.67. The van der Waals surface area contributed by atoms with E-state index in [9.17, 15) is 14.4 Å². The van der Waals surface area contributed by atoms with Crippen LogP contribution in [0.1, 0.15) is 0 Å². The van der Waals surface area contributed by atoms with Crippen LogP contribution in [0.15, 0.2) is 64.3 Å². The molecule has 0 aliphatic heterocycles. The van der Waals surface area contributed by atoms with Gasteiger partial charge in [-0.25, -0.2) is 4.68 Å². The summed E-state index contributed by atoms with van der Waals surface area (Å²) >= 11 is 0. The van der Waals surface area contributed by atoms with Gasteiger partial charge in [-0.05, 0) is 30.3 Å². The van der Waals surface area contributed by atoms with Crippen molar-refractivity contribution in [3.63, 3.8) is 0 Å². The van der Waals surface area contributed by atoms with Crippen molar-refractivity contribution in [3.8, 4) is 0 Å². The zero-order valence-electron chi connectivity index (χ0n) is 13.1. The molecule has 0 aliphatic carbocycles. The highest BCUT2D eigenvalue weighted by Crippen LogP contribution is 2.21. The molecule has 0 saturated carbocycles. The minimum atomic E-state index is -0.412. The summed E-state index contributed by atoms with van der Waals surface area (Å²) in [5, 5.41) is 6.68. The maximum atomic E-state index is 12.4. The number of nitrogens with one attached hydrogen (secondary N) is 3. The van der Waals surface area contributed by atoms with E-state index in [1.165, 1.54) is 0 Å². The summed E-state index contributed by atoms with van der Waals surface area (Å²) in [5.41, 5.74) is 0.718. The largest absolute Gasteiger partial charge is 0.361 e. The zero-order chi connectivity index (χ0) is 17.4. The maximum absolute atomic E-state index is 12.4. The third-order valence-corrected chi connectivity index (χ3v) is 4.05. The average Bonchev–Trinajstić information content (AvgIpc) is 3.09. The summed E-state index contributed by atoms with van der Waals surface area (Å²) in [4.78, 5) is 39.9. The molecule has 0 radical (unpaired) electrons. The lowest BCUT2D eigenvalue weighted by Crippen LogP contribution is -2.34. The second kappa shape index (κ2) is 5.79. The number of carbonyl (C=O) groups excluding carboxylic acids is 1. The highest BCUT2D eigenvalue weighted by molar-refractivity contribution is 6.01. The normalized spacial score (nSPS) is 11.0. The molecule has 7 heteroatoms. The van der Waals surface area contributed by atoms with Gasteiger partial charge >= 0.3 is 0 Å². The second-order valence-electron chi connectivity index (χ2n) is 5.67. The lowest BCUT2D eigenvalue weighted by Gasteiger charge is -2.09. The first-order valence-electron chi connectivity index (χ1n) is 7.71. The molecule has 0 fully saturated rings. The van der Waals surface area contributed by atoms with Crippen LogP contribution < -0.4 is 16.4 Å². The van der Waals surface area contributed by atoms with Crippen molar-refractivity contribution in [1.82, 2.24) is 14.8 Å². The fourth-order valence-electron chi connectivity index (χ4n) is 2.89. The molecule has 2 heterocycles. The fraction of sp³-hybridized carbons (Fsp3) is 0.0556. The van der Waals surface area contributed by atoms with Crippen molar-refractivity contribution in [2.45, 2.75) is 6.54 Å². The van der Waals surface area contributed by atoms with Crippen LogP contribution >= 0.6 is 0 Å². The van der Waals surface area contributed by atoms with Gasteiger partial charge in [0.05, 0.1) is 16.5 Å². The molecule has 2 aromatic heterocycles. The number of fused-ring (bicyclic) bond motifs is 2. The highest BCUT2D eigenvalue weighted by atomic mass is 16.2. The number of amides is 1. The molecule has 0 unspecified atom stereocenters. The summed E-state index contributed by atoms with van der Waals surface area (Å²) in [6.45, 7) is -0.278. The smallest absolute Gasteiger partial charge is 0.273 e. The van der Waals surface area contributed by atoms with Gasteiger partial charge in [0.1, 0.15) is 6.54 Å². The van der Waals surface area contributed by atoms with E-state index in [0.717, 1.165) is 15.6 Å². The van der Waals surface area contributed by atoms with Gasteiger partial charge in [0.2, 0.25) is 5.91 Å². The molecule has 0 bridgehead atoms. The Morgan fingerprint density at radius 2 is 1.76 bits per heavy atom. The maximum Gasteiger partial charge on any atom is 0.273 e. The Bertz CT molecular complexity index is 1220. The topological polar surface area (TPSA) is 99.8 Å². The number of hydrogen-bond donors (Lipinski definition) is 3. The van der Waals surface area contributed by atoms with Gasteiger partial charge in [-0.3, -0.25) is 19.5 Å². The Balaban J connectivity index is 1.66. The van der Waals surface area contributed by atoms with Crippen LogP contribution in [0.2, 0.25) is 0 Å². The minimum absolute atomic E-state index is 0.278. The van der Waals surface area contributed by atoms with E-state index >= 15 is 0 Å². The summed E-state index contributed by atoms with van der Waals surface area (Å²) in [5.74, 6) is -0.401. The third kappa shape index (κ3) is 2.61. The predicted octanol–water partition coefficient (Wildman–Crippen LogP) is 1.81. The van der Waals surface area contributed by atoms with Gasteiger partial charge in [-0.15, -0.1) is 0 Å². The number of aromatic nitrogens is 3. The van der Waals surface area contributed by atoms with Gasteiger partial charge in [-0.1, -0.05) is 18.2 Å².